The second-order valence-corrected chi connectivity index (χ2v) is 3.49. The predicted octanol–water partition coefficient (Wildman–Crippen LogP) is 1.09. The van der Waals surface area contributed by atoms with E-state index in [0.717, 1.165) is 0 Å². The maximum atomic E-state index is 11.4. The van der Waals surface area contributed by atoms with Gasteiger partial charge in [0.25, 0.3) is 0 Å². The first-order valence-electron chi connectivity index (χ1n) is 4.00. The van der Waals surface area contributed by atoms with Crippen molar-refractivity contribution in [2.75, 3.05) is 0 Å². The normalized spacial score (nSPS) is 12.8. The summed E-state index contributed by atoms with van der Waals surface area (Å²) in [5.74, 6) is -0.217. The van der Waals surface area contributed by atoms with Crippen LogP contribution in [0.15, 0.2) is 0 Å². The molecule has 0 aliphatic rings. The van der Waals surface area contributed by atoms with Crippen molar-refractivity contribution >= 4 is 24.9 Å². The van der Waals surface area contributed by atoms with Gasteiger partial charge in [-0.25, -0.2) is 0 Å². The molecule has 0 heterocycles. The van der Waals surface area contributed by atoms with E-state index in [1.807, 2.05) is 6.92 Å². The zero-order valence-corrected chi connectivity index (χ0v) is 8.54. The number of carbonyl (C=O) groups excluding carboxylic acids is 2. The summed E-state index contributed by atoms with van der Waals surface area (Å²) in [6, 6.07) is -0.0869. The summed E-state index contributed by atoms with van der Waals surface area (Å²) in [6.45, 7) is 5.45. The van der Waals surface area contributed by atoms with Gasteiger partial charge in [0.1, 0.15) is 0 Å². The Hall–Kier alpha value is -0.510. The van der Waals surface area contributed by atoms with Crippen LogP contribution in [-0.2, 0) is 9.59 Å². The minimum Gasteiger partial charge on any atom is -0.282 e. The molecule has 0 spiro atoms. The largest absolute Gasteiger partial charge is 0.282 e. The van der Waals surface area contributed by atoms with Crippen LogP contribution in [0, 0.1) is 0 Å². The Morgan fingerprint density at radius 3 is 2.33 bits per heavy atom. The van der Waals surface area contributed by atoms with Crippen LogP contribution in [0.1, 0.15) is 27.2 Å². The molecule has 3 nitrogen and oxygen atoms in total. The van der Waals surface area contributed by atoms with Gasteiger partial charge in [-0.3, -0.25) is 14.5 Å². The van der Waals surface area contributed by atoms with Crippen molar-refractivity contribution in [1.82, 2.24) is 4.90 Å². The third kappa shape index (κ3) is 2.85. The Morgan fingerprint density at radius 1 is 1.58 bits per heavy atom. The minimum absolute atomic E-state index is 0.0869. The predicted molar refractivity (Wildman–Crippen MR) is 51.1 cm³/mol. The van der Waals surface area contributed by atoms with Crippen LogP contribution in [0.25, 0.3) is 0 Å². The summed E-state index contributed by atoms with van der Waals surface area (Å²) in [6.07, 6.45) is 1.20. The smallest absolute Gasteiger partial charge is 0.242 e. The molecule has 0 rings (SSSR count). The number of imide groups is 1. The van der Waals surface area contributed by atoms with Gasteiger partial charge in [-0.2, -0.15) is 12.6 Å². The van der Waals surface area contributed by atoms with E-state index < -0.39 is 0 Å². The lowest BCUT2D eigenvalue weighted by Crippen LogP contribution is -2.40. The van der Waals surface area contributed by atoms with Crippen LogP contribution in [0.5, 0.6) is 0 Å². The lowest BCUT2D eigenvalue weighted by molar-refractivity contribution is -0.139. The molecule has 0 aromatic carbocycles. The van der Waals surface area contributed by atoms with E-state index >= 15 is 0 Å². The fraction of sp³-hybridized carbons (Fsp3) is 0.750. The monoisotopic (exact) mass is 189 g/mol. The molecule has 0 fully saturated rings. The molecule has 12 heavy (non-hydrogen) atoms. The third-order valence-corrected chi connectivity index (χ3v) is 2.18. The molecule has 0 saturated heterocycles. The lowest BCUT2D eigenvalue weighted by Gasteiger charge is -2.21. The van der Waals surface area contributed by atoms with Crippen molar-refractivity contribution in [3.05, 3.63) is 0 Å². The van der Waals surface area contributed by atoms with E-state index in [4.69, 9.17) is 0 Å². The van der Waals surface area contributed by atoms with E-state index in [0.29, 0.717) is 12.8 Å². The molecule has 0 aliphatic carbocycles. The molecule has 0 aromatic rings. The molecule has 0 N–H and O–H groups in total. The van der Waals surface area contributed by atoms with E-state index in [-0.39, 0.29) is 17.2 Å². The molecule has 2 amide bonds. The van der Waals surface area contributed by atoms with E-state index in [9.17, 15) is 9.59 Å². The number of amides is 2. The number of hydrogen-bond acceptors (Lipinski definition) is 3. The van der Waals surface area contributed by atoms with Gasteiger partial charge in [0, 0.05) is 6.04 Å². The van der Waals surface area contributed by atoms with Crippen molar-refractivity contribution in [2.24, 2.45) is 0 Å². The molecule has 0 bridgehead atoms. The fourth-order valence-corrected chi connectivity index (χ4v) is 0.908. The van der Waals surface area contributed by atoms with Gasteiger partial charge in [0.2, 0.25) is 12.3 Å². The topological polar surface area (TPSA) is 37.4 Å². The van der Waals surface area contributed by atoms with Gasteiger partial charge < -0.3 is 0 Å². The summed E-state index contributed by atoms with van der Waals surface area (Å²) < 4.78 is 0. The summed E-state index contributed by atoms with van der Waals surface area (Å²) in [7, 11) is 0. The maximum Gasteiger partial charge on any atom is 0.242 e. The van der Waals surface area contributed by atoms with Crippen molar-refractivity contribution in [3.8, 4) is 0 Å². The molecule has 4 heteroatoms. The molecular formula is C8H15NO2S. The molecule has 0 radical (unpaired) electrons. The standard InChI is InChI=1S/C8H15NO2S/c1-4-7(12)8(11)9(5-10)6(2)3/h5-7,12H,4H2,1-3H3. The van der Waals surface area contributed by atoms with Gasteiger partial charge in [0.05, 0.1) is 5.25 Å². The SMILES string of the molecule is CCC(S)C(=O)N(C=O)C(C)C. The number of thiol groups is 1. The van der Waals surface area contributed by atoms with Crippen LogP contribution >= 0.6 is 12.6 Å². The summed E-state index contributed by atoms with van der Waals surface area (Å²) in [5, 5.41) is -0.363. The average Bonchev–Trinajstić information content (AvgIpc) is 2.03. The first kappa shape index (κ1) is 11.5. The molecule has 0 saturated carbocycles. The molecular weight excluding hydrogens is 174 g/mol. The summed E-state index contributed by atoms with van der Waals surface area (Å²) >= 11 is 4.06. The maximum absolute atomic E-state index is 11.4. The molecule has 0 aromatic heterocycles. The van der Waals surface area contributed by atoms with Gasteiger partial charge in [0.15, 0.2) is 0 Å². The quantitative estimate of drug-likeness (QED) is 0.531. The van der Waals surface area contributed by atoms with Crippen molar-refractivity contribution in [2.45, 2.75) is 38.5 Å². The Bertz CT molecular complexity index is 170. The third-order valence-electron chi connectivity index (χ3n) is 1.60. The highest BCUT2D eigenvalue weighted by Gasteiger charge is 2.21. The van der Waals surface area contributed by atoms with Crippen LogP contribution in [0.2, 0.25) is 0 Å². The molecule has 1 atom stereocenters. The Morgan fingerprint density at radius 2 is 2.08 bits per heavy atom. The second kappa shape index (κ2) is 5.19. The highest BCUT2D eigenvalue weighted by Crippen LogP contribution is 2.07. The fourth-order valence-electron chi connectivity index (χ4n) is 0.775. The van der Waals surface area contributed by atoms with Crippen LogP contribution in [-0.4, -0.2) is 28.5 Å². The van der Waals surface area contributed by atoms with E-state index in [2.05, 4.69) is 12.6 Å². The van der Waals surface area contributed by atoms with Gasteiger partial charge in [-0.15, -0.1) is 0 Å². The van der Waals surface area contributed by atoms with Crippen molar-refractivity contribution in [3.63, 3.8) is 0 Å². The van der Waals surface area contributed by atoms with Crippen molar-refractivity contribution in [1.29, 1.82) is 0 Å². The van der Waals surface area contributed by atoms with E-state index in [1.165, 1.54) is 4.90 Å². The summed E-state index contributed by atoms with van der Waals surface area (Å²) in [5.41, 5.74) is 0. The number of rotatable bonds is 4. The van der Waals surface area contributed by atoms with Crippen LogP contribution in [0.3, 0.4) is 0 Å². The Labute approximate surface area is 78.5 Å². The number of hydrogen-bond donors (Lipinski definition) is 1. The Balaban J connectivity index is 4.31. The zero-order valence-electron chi connectivity index (χ0n) is 7.65. The minimum atomic E-state index is -0.363. The van der Waals surface area contributed by atoms with Gasteiger partial charge in [-0.1, -0.05) is 6.92 Å². The average molecular weight is 189 g/mol. The van der Waals surface area contributed by atoms with E-state index in [1.54, 1.807) is 13.8 Å². The zero-order chi connectivity index (χ0) is 9.72. The molecule has 70 valence electrons. The van der Waals surface area contributed by atoms with Crippen molar-refractivity contribution < 1.29 is 9.59 Å². The van der Waals surface area contributed by atoms with Gasteiger partial charge in [-0.05, 0) is 20.3 Å². The molecule has 0 aliphatic heterocycles. The van der Waals surface area contributed by atoms with Gasteiger partial charge >= 0.3 is 0 Å². The Kier molecular flexibility index (Phi) is 4.97. The van der Waals surface area contributed by atoms with Crippen LogP contribution < -0.4 is 0 Å². The number of nitrogens with zero attached hydrogens (tertiary/aromatic N) is 1. The first-order valence-corrected chi connectivity index (χ1v) is 4.51. The highest BCUT2D eigenvalue weighted by molar-refractivity contribution is 7.81. The van der Waals surface area contributed by atoms with Crippen LogP contribution in [0.4, 0.5) is 0 Å². The number of carbonyl (C=O) groups is 2. The second-order valence-electron chi connectivity index (χ2n) is 2.87. The summed E-state index contributed by atoms with van der Waals surface area (Å²) in [4.78, 5) is 23.0. The highest BCUT2D eigenvalue weighted by atomic mass is 32.1. The lowest BCUT2D eigenvalue weighted by atomic mass is 10.2. The molecule has 1 unspecified atom stereocenters. The first-order chi connectivity index (χ1) is 5.54.